The van der Waals surface area contributed by atoms with E-state index >= 15 is 0 Å². The SMILES string of the molecule is CC(C)(C)c1cnc(CNc2ncnc3ccccc23)o1. The Morgan fingerprint density at radius 2 is 1.90 bits per heavy atom. The number of hydrogen-bond acceptors (Lipinski definition) is 5. The van der Waals surface area contributed by atoms with Gasteiger partial charge in [-0.3, -0.25) is 0 Å². The van der Waals surface area contributed by atoms with E-state index in [0.717, 1.165) is 22.5 Å². The summed E-state index contributed by atoms with van der Waals surface area (Å²) in [6.45, 7) is 6.80. The summed E-state index contributed by atoms with van der Waals surface area (Å²) >= 11 is 0. The first-order chi connectivity index (χ1) is 10.0. The number of para-hydroxylation sites is 1. The minimum atomic E-state index is -0.0349. The standard InChI is InChI=1S/C16H18N4O/c1-16(2,3)13-8-17-14(21-13)9-18-15-11-6-4-5-7-12(11)19-10-20-15/h4-8,10H,9H2,1-3H3,(H,18,19,20). The fourth-order valence-electron chi connectivity index (χ4n) is 2.04. The summed E-state index contributed by atoms with van der Waals surface area (Å²) in [6.07, 6.45) is 3.34. The maximum atomic E-state index is 5.76. The van der Waals surface area contributed by atoms with Crippen LogP contribution in [-0.2, 0) is 12.0 Å². The van der Waals surface area contributed by atoms with Crippen molar-refractivity contribution in [2.24, 2.45) is 0 Å². The van der Waals surface area contributed by atoms with Gasteiger partial charge in [-0.1, -0.05) is 32.9 Å². The first-order valence-electron chi connectivity index (χ1n) is 6.93. The van der Waals surface area contributed by atoms with Crippen molar-refractivity contribution < 1.29 is 4.42 Å². The highest BCUT2D eigenvalue weighted by atomic mass is 16.4. The quantitative estimate of drug-likeness (QED) is 0.796. The van der Waals surface area contributed by atoms with Gasteiger partial charge in [-0.2, -0.15) is 0 Å². The van der Waals surface area contributed by atoms with Crippen molar-refractivity contribution in [2.45, 2.75) is 32.7 Å². The fraction of sp³-hybridized carbons (Fsp3) is 0.312. The van der Waals surface area contributed by atoms with Gasteiger partial charge in [0.15, 0.2) is 0 Å². The molecule has 0 atom stereocenters. The second kappa shape index (κ2) is 5.16. The molecule has 3 aromatic rings. The van der Waals surface area contributed by atoms with Crippen LogP contribution in [0.25, 0.3) is 10.9 Å². The number of anilines is 1. The molecule has 1 N–H and O–H groups in total. The van der Waals surface area contributed by atoms with Gasteiger partial charge in [0.1, 0.15) is 17.9 Å². The highest BCUT2D eigenvalue weighted by Crippen LogP contribution is 2.23. The van der Waals surface area contributed by atoms with Crippen LogP contribution < -0.4 is 5.32 Å². The Morgan fingerprint density at radius 1 is 1.10 bits per heavy atom. The summed E-state index contributed by atoms with van der Waals surface area (Å²) in [5.41, 5.74) is 0.880. The normalized spacial score (nSPS) is 11.8. The molecule has 5 nitrogen and oxygen atoms in total. The van der Waals surface area contributed by atoms with Gasteiger partial charge in [-0.25, -0.2) is 15.0 Å². The third-order valence-electron chi connectivity index (χ3n) is 3.24. The van der Waals surface area contributed by atoms with Crippen molar-refractivity contribution in [2.75, 3.05) is 5.32 Å². The maximum absolute atomic E-state index is 5.76. The van der Waals surface area contributed by atoms with Crippen molar-refractivity contribution in [3.8, 4) is 0 Å². The molecule has 3 rings (SSSR count). The topological polar surface area (TPSA) is 63.8 Å². The smallest absolute Gasteiger partial charge is 0.213 e. The van der Waals surface area contributed by atoms with E-state index in [4.69, 9.17) is 4.42 Å². The Balaban J connectivity index is 1.79. The van der Waals surface area contributed by atoms with E-state index in [1.165, 1.54) is 0 Å². The van der Waals surface area contributed by atoms with Crippen LogP contribution in [0.4, 0.5) is 5.82 Å². The number of rotatable bonds is 3. The lowest BCUT2D eigenvalue weighted by molar-refractivity contribution is 0.385. The summed E-state index contributed by atoms with van der Waals surface area (Å²) in [7, 11) is 0. The monoisotopic (exact) mass is 282 g/mol. The average molecular weight is 282 g/mol. The number of oxazole rings is 1. The largest absolute Gasteiger partial charge is 0.443 e. The predicted molar refractivity (Wildman–Crippen MR) is 82.1 cm³/mol. The molecule has 21 heavy (non-hydrogen) atoms. The van der Waals surface area contributed by atoms with Crippen molar-refractivity contribution >= 4 is 16.7 Å². The van der Waals surface area contributed by atoms with E-state index in [1.54, 1.807) is 12.5 Å². The van der Waals surface area contributed by atoms with E-state index in [1.807, 2.05) is 24.3 Å². The second-order valence-corrected chi connectivity index (χ2v) is 5.96. The van der Waals surface area contributed by atoms with Gasteiger partial charge < -0.3 is 9.73 Å². The van der Waals surface area contributed by atoms with Crippen LogP contribution in [0.15, 0.2) is 41.2 Å². The van der Waals surface area contributed by atoms with Gasteiger partial charge in [0, 0.05) is 10.8 Å². The number of nitrogens with one attached hydrogen (secondary N) is 1. The van der Waals surface area contributed by atoms with Crippen LogP contribution in [0.2, 0.25) is 0 Å². The summed E-state index contributed by atoms with van der Waals surface area (Å²) in [5, 5.41) is 4.25. The zero-order valence-electron chi connectivity index (χ0n) is 12.4. The van der Waals surface area contributed by atoms with Gasteiger partial charge in [-0.05, 0) is 12.1 Å². The first-order valence-corrected chi connectivity index (χ1v) is 6.93. The minimum Gasteiger partial charge on any atom is -0.443 e. The molecule has 108 valence electrons. The zero-order valence-corrected chi connectivity index (χ0v) is 12.4. The molecule has 0 aliphatic carbocycles. The molecule has 0 radical (unpaired) electrons. The van der Waals surface area contributed by atoms with Gasteiger partial charge in [0.2, 0.25) is 5.89 Å². The highest BCUT2D eigenvalue weighted by molar-refractivity contribution is 5.88. The lowest BCUT2D eigenvalue weighted by atomic mass is 9.94. The highest BCUT2D eigenvalue weighted by Gasteiger charge is 2.19. The number of benzene rings is 1. The molecule has 0 amide bonds. The van der Waals surface area contributed by atoms with E-state index in [9.17, 15) is 0 Å². The molecule has 0 spiro atoms. The van der Waals surface area contributed by atoms with E-state index in [2.05, 4.69) is 41.0 Å². The van der Waals surface area contributed by atoms with Gasteiger partial charge >= 0.3 is 0 Å². The zero-order chi connectivity index (χ0) is 14.9. The summed E-state index contributed by atoms with van der Waals surface area (Å²) in [5.74, 6) is 2.32. The second-order valence-electron chi connectivity index (χ2n) is 5.96. The third kappa shape index (κ3) is 2.86. The first kappa shape index (κ1) is 13.5. The van der Waals surface area contributed by atoms with E-state index in [0.29, 0.717) is 12.4 Å². The molecular formula is C16H18N4O. The van der Waals surface area contributed by atoms with Gasteiger partial charge in [0.25, 0.3) is 0 Å². The summed E-state index contributed by atoms with van der Waals surface area (Å²) < 4.78 is 5.76. The Morgan fingerprint density at radius 3 is 2.67 bits per heavy atom. The predicted octanol–water partition coefficient (Wildman–Crippen LogP) is 3.53. The summed E-state index contributed by atoms with van der Waals surface area (Å²) in [6, 6.07) is 7.89. The van der Waals surface area contributed by atoms with E-state index < -0.39 is 0 Å². The molecule has 2 aromatic heterocycles. The molecular weight excluding hydrogens is 264 g/mol. The third-order valence-corrected chi connectivity index (χ3v) is 3.24. The van der Waals surface area contributed by atoms with Crippen molar-refractivity contribution in [1.82, 2.24) is 15.0 Å². The molecule has 0 aliphatic heterocycles. The molecule has 1 aromatic carbocycles. The molecule has 0 fully saturated rings. The van der Waals surface area contributed by atoms with Crippen LogP contribution in [0.1, 0.15) is 32.4 Å². The van der Waals surface area contributed by atoms with Crippen molar-refractivity contribution in [3.05, 3.63) is 48.4 Å². The average Bonchev–Trinajstić information content (AvgIpc) is 2.94. The maximum Gasteiger partial charge on any atom is 0.213 e. The van der Waals surface area contributed by atoms with Gasteiger partial charge in [0.05, 0.1) is 18.3 Å². The van der Waals surface area contributed by atoms with Crippen molar-refractivity contribution in [1.29, 1.82) is 0 Å². The molecule has 5 heteroatoms. The molecule has 0 aliphatic rings. The van der Waals surface area contributed by atoms with Crippen LogP contribution in [-0.4, -0.2) is 15.0 Å². The fourth-order valence-corrected chi connectivity index (χ4v) is 2.04. The lowest BCUT2D eigenvalue weighted by Gasteiger charge is -2.13. The molecule has 0 bridgehead atoms. The summed E-state index contributed by atoms with van der Waals surface area (Å²) in [4.78, 5) is 12.8. The number of fused-ring (bicyclic) bond motifs is 1. The van der Waals surface area contributed by atoms with Crippen LogP contribution >= 0.6 is 0 Å². The number of hydrogen-bond donors (Lipinski definition) is 1. The van der Waals surface area contributed by atoms with E-state index in [-0.39, 0.29) is 5.41 Å². The van der Waals surface area contributed by atoms with Gasteiger partial charge in [-0.15, -0.1) is 0 Å². The van der Waals surface area contributed by atoms with Crippen LogP contribution in [0.5, 0.6) is 0 Å². The lowest BCUT2D eigenvalue weighted by Crippen LogP contribution is -2.09. The number of aromatic nitrogens is 3. The Hall–Kier alpha value is -2.43. The molecule has 0 saturated carbocycles. The van der Waals surface area contributed by atoms with Crippen LogP contribution in [0, 0.1) is 0 Å². The molecule has 0 unspecified atom stereocenters. The van der Waals surface area contributed by atoms with Crippen molar-refractivity contribution in [3.63, 3.8) is 0 Å². The Kier molecular flexibility index (Phi) is 3.33. The molecule has 2 heterocycles. The Labute approximate surface area is 123 Å². The minimum absolute atomic E-state index is 0.0349. The van der Waals surface area contributed by atoms with Crippen LogP contribution in [0.3, 0.4) is 0 Å². The molecule has 0 saturated heterocycles. The Bertz CT molecular complexity index is 753. The number of nitrogens with zero attached hydrogens (tertiary/aromatic N) is 3.